The number of nitrogens with zero attached hydrogens (tertiary/aromatic N) is 3. The zero-order valence-electron chi connectivity index (χ0n) is 39.6. The molecule has 0 unspecified atom stereocenters. The zero-order chi connectivity index (χ0) is 44.5. The van der Waals surface area contributed by atoms with Gasteiger partial charge in [0.15, 0.2) is 0 Å². The van der Waals surface area contributed by atoms with Gasteiger partial charge in [0.2, 0.25) is 0 Å². The van der Waals surface area contributed by atoms with Crippen LogP contribution in [-0.2, 0) is 32.9 Å². The summed E-state index contributed by atoms with van der Waals surface area (Å²) in [6.07, 6.45) is 1.80. The van der Waals surface area contributed by atoms with Crippen LogP contribution in [0.4, 0.5) is 0 Å². The average Bonchev–Trinajstić information content (AvgIpc) is 3.84. The van der Waals surface area contributed by atoms with Gasteiger partial charge in [0.05, 0.1) is 24.9 Å². The fraction of sp³-hybridized carbons (Fsp3) is 0.309. The Morgan fingerprint density at radius 1 is 0.738 bits per heavy atom. The molecule has 8 rings (SSSR count). The standard InChI is InChI=1S/C37H37N2S.C18H24NSi.Ir/c1-23(2)18-26-16-17-35-31(19-26)32(22-40-35)37-38-33-14-10-11-15-34(33)39(37)36-29(24(3)4)20-28(21-30(36)25(5)6)27-12-8-7-9-13-27;1-14(2)11-16-12-17(15-9-7-6-8-10-15)19-13-18(16)20(3,4)5;/h7-17,19-21,23-25H,18H2,1-6H3;6-9,12-14H,11H2,1-5H3;/q2*-1;/i18D2;;. The molecule has 3 heterocycles. The van der Waals surface area contributed by atoms with E-state index in [-0.39, 0.29) is 37.9 Å². The van der Waals surface area contributed by atoms with Gasteiger partial charge in [-0.2, -0.15) is 0 Å². The van der Waals surface area contributed by atoms with Crippen molar-refractivity contribution in [1.82, 2.24) is 14.5 Å². The second-order valence-corrected chi connectivity index (χ2v) is 24.3. The number of para-hydroxylation sites is 2. The van der Waals surface area contributed by atoms with Gasteiger partial charge in [-0.25, -0.2) is 0 Å². The molecule has 5 aromatic carbocycles. The number of pyridine rings is 1. The molecule has 0 atom stereocenters. The Labute approximate surface area is 386 Å². The molecule has 0 amide bonds. The minimum Gasteiger partial charge on any atom is -0.333 e. The number of hydrogen-bond donors (Lipinski definition) is 0. The molecule has 1 radical (unpaired) electrons. The van der Waals surface area contributed by atoms with E-state index in [2.05, 4.69) is 161 Å². The van der Waals surface area contributed by atoms with Crippen LogP contribution in [0.1, 0.15) is 92.2 Å². The third-order valence-electron chi connectivity index (χ3n) is 10.9. The van der Waals surface area contributed by atoms with Gasteiger partial charge in [0, 0.05) is 34.7 Å². The number of aromatic nitrogens is 3. The summed E-state index contributed by atoms with van der Waals surface area (Å²) < 4.78 is 21.0. The van der Waals surface area contributed by atoms with Gasteiger partial charge in [0.25, 0.3) is 0 Å². The van der Waals surface area contributed by atoms with Gasteiger partial charge in [-0.15, -0.1) is 47.3 Å². The monoisotopic (exact) mass is 1020 g/mol. The first-order valence-corrected chi connectivity index (χ1v) is 25.9. The zero-order valence-corrected chi connectivity index (χ0v) is 41.9. The molecule has 0 N–H and O–H groups in total. The summed E-state index contributed by atoms with van der Waals surface area (Å²) in [5.41, 5.74) is 13.4. The van der Waals surface area contributed by atoms with Crippen LogP contribution < -0.4 is 5.19 Å². The Kier molecular flexibility index (Phi) is 14.0. The van der Waals surface area contributed by atoms with Crippen molar-refractivity contribution in [3.05, 3.63) is 155 Å². The molecule has 61 heavy (non-hydrogen) atoms. The van der Waals surface area contributed by atoms with Gasteiger partial charge in [0.1, 0.15) is 0 Å². The fourth-order valence-corrected chi connectivity index (χ4v) is 10.5. The van der Waals surface area contributed by atoms with Gasteiger partial charge < -0.3 is 9.55 Å². The van der Waals surface area contributed by atoms with E-state index in [9.17, 15) is 0 Å². The molecule has 0 aliphatic heterocycles. The van der Waals surface area contributed by atoms with Crippen LogP contribution in [0, 0.1) is 23.3 Å². The van der Waals surface area contributed by atoms with E-state index in [0.29, 0.717) is 11.5 Å². The summed E-state index contributed by atoms with van der Waals surface area (Å²) >= 11 is 1.57. The number of hydrogen-bond acceptors (Lipinski definition) is 3. The minimum atomic E-state index is -1.43. The molecular weight excluding hydrogens is 955 g/mol. The fourth-order valence-electron chi connectivity index (χ4n) is 8.08. The number of rotatable bonds is 11. The Morgan fingerprint density at radius 3 is 2.03 bits per heavy atom. The number of fused-ring (bicyclic) bond motifs is 2. The Bertz CT molecular complexity index is 2770. The first-order valence-electron chi connectivity index (χ1n) is 22.6. The predicted molar refractivity (Wildman–Crippen MR) is 263 cm³/mol. The van der Waals surface area contributed by atoms with Gasteiger partial charge in [-0.3, -0.25) is 16.3 Å². The molecule has 0 saturated carbocycles. The molecule has 0 spiro atoms. The van der Waals surface area contributed by atoms with Crippen LogP contribution >= 0.6 is 11.3 Å². The molecule has 317 valence electrons. The maximum atomic E-state index is 8.77. The van der Waals surface area contributed by atoms with Crippen molar-refractivity contribution in [2.75, 3.05) is 0 Å². The minimum absolute atomic E-state index is 0. The number of thiophene rings is 1. The second kappa shape index (κ2) is 19.7. The maximum Gasteiger partial charge on any atom is 0.0798 e. The molecular formula is C55H61IrN3SSi-2. The normalized spacial score (nSPS) is 12.5. The molecule has 0 bridgehead atoms. The van der Waals surface area contributed by atoms with E-state index in [1.54, 1.807) is 11.3 Å². The summed E-state index contributed by atoms with van der Waals surface area (Å²) in [5, 5.41) is 6.07. The second-order valence-electron chi connectivity index (χ2n) is 18.4. The summed E-state index contributed by atoms with van der Waals surface area (Å²) in [5.74, 6) is 1.93. The molecule has 3 nitrogen and oxygen atoms in total. The van der Waals surface area contributed by atoms with Crippen molar-refractivity contribution >= 4 is 45.7 Å². The number of benzene rings is 5. The van der Waals surface area contributed by atoms with E-state index in [1.165, 1.54) is 38.7 Å². The average molecular weight is 1020 g/mol. The Balaban J connectivity index is 0.000000265. The van der Waals surface area contributed by atoms with E-state index >= 15 is 0 Å². The third kappa shape index (κ3) is 10.4. The van der Waals surface area contributed by atoms with Gasteiger partial charge in [-0.05, 0) is 93.9 Å². The third-order valence-corrected chi connectivity index (χ3v) is 13.9. The van der Waals surface area contributed by atoms with Crippen molar-refractivity contribution in [1.29, 1.82) is 0 Å². The molecule has 0 fully saturated rings. The van der Waals surface area contributed by atoms with Crippen LogP contribution in [0.5, 0.6) is 0 Å². The Hall–Kier alpha value is -4.45. The van der Waals surface area contributed by atoms with Crippen molar-refractivity contribution in [2.45, 2.75) is 99.7 Å². The maximum absolute atomic E-state index is 8.77. The summed E-state index contributed by atoms with van der Waals surface area (Å²) in [7, 11) is -1.34. The predicted octanol–water partition coefficient (Wildman–Crippen LogP) is 15.1. The van der Waals surface area contributed by atoms with Crippen LogP contribution in [-0.4, -0.2) is 22.6 Å². The summed E-state index contributed by atoms with van der Waals surface area (Å²) in [6, 6.07) is 43.3. The molecule has 6 heteroatoms. The van der Waals surface area contributed by atoms with Crippen LogP contribution in [0.15, 0.2) is 121 Å². The largest absolute Gasteiger partial charge is 0.333 e. The van der Waals surface area contributed by atoms with Gasteiger partial charge in [-0.1, -0.05) is 162 Å². The molecule has 0 saturated heterocycles. The molecule has 0 aliphatic carbocycles. The molecule has 0 aliphatic rings. The topological polar surface area (TPSA) is 30.7 Å². The van der Waals surface area contributed by atoms with Crippen molar-refractivity contribution in [2.24, 2.45) is 11.8 Å². The van der Waals surface area contributed by atoms with Crippen LogP contribution in [0.2, 0.25) is 19.6 Å². The van der Waals surface area contributed by atoms with E-state index in [1.807, 2.05) is 56.3 Å². The number of imidazole rings is 1. The summed E-state index contributed by atoms with van der Waals surface area (Å²) in [4.78, 5) is 9.92. The van der Waals surface area contributed by atoms with Gasteiger partial charge >= 0.3 is 0 Å². The SMILES string of the molecule is CC(C)Cc1cc(-c2[c-]cccc2)ncc1[Si](C)(C)C.[2H]C([2H])(c1ccc2s[c-]c(-c3nc4ccccc4n3-c3c(C(C)C)cc(-c4ccccc4)cc3C(C)C)c2c1)C(C)C.[Ir]. The van der Waals surface area contributed by atoms with Crippen LogP contribution in [0.3, 0.4) is 0 Å². The molecule has 8 aromatic rings. The molecule has 3 aromatic heterocycles. The summed E-state index contributed by atoms with van der Waals surface area (Å²) in [6.45, 7) is 24.7. The quantitative estimate of drug-likeness (QED) is 0.0955. The van der Waals surface area contributed by atoms with E-state index in [4.69, 9.17) is 7.73 Å². The van der Waals surface area contributed by atoms with Crippen LogP contribution in [0.25, 0.3) is 60.6 Å². The van der Waals surface area contributed by atoms with E-state index < -0.39 is 14.4 Å². The smallest absolute Gasteiger partial charge is 0.0798 e. The first kappa shape index (κ1) is 43.2. The first-order chi connectivity index (χ1) is 29.4. The van der Waals surface area contributed by atoms with Crippen molar-refractivity contribution in [3.8, 4) is 39.5 Å². The van der Waals surface area contributed by atoms with Crippen molar-refractivity contribution < 1.29 is 22.8 Å². The van der Waals surface area contributed by atoms with E-state index in [0.717, 1.165) is 50.2 Å². The Morgan fingerprint density at radius 2 is 1.41 bits per heavy atom. The van der Waals surface area contributed by atoms with Crippen molar-refractivity contribution in [3.63, 3.8) is 0 Å².